The molecule has 0 aliphatic carbocycles. The number of carbonyl (C=O) groups excluding carboxylic acids is 1. The van der Waals surface area contributed by atoms with Gasteiger partial charge < -0.3 is 9.73 Å². The van der Waals surface area contributed by atoms with E-state index in [4.69, 9.17) is 4.42 Å². The predicted octanol–water partition coefficient (Wildman–Crippen LogP) is 0.275. The molecule has 0 unspecified atom stereocenters. The van der Waals surface area contributed by atoms with Crippen molar-refractivity contribution in [3.8, 4) is 0 Å². The molecule has 1 aliphatic heterocycles. The van der Waals surface area contributed by atoms with E-state index in [0.29, 0.717) is 37.5 Å². The van der Waals surface area contributed by atoms with Crippen LogP contribution in [0.5, 0.6) is 0 Å². The molecule has 3 rings (SSSR count). The molecule has 0 saturated carbocycles. The summed E-state index contributed by atoms with van der Waals surface area (Å²) in [6.45, 7) is 3.34. The summed E-state index contributed by atoms with van der Waals surface area (Å²) < 4.78 is 31.8. The average Bonchev–Trinajstić information content (AvgIpc) is 3.04. The maximum Gasteiger partial charge on any atom is 0.273 e. The highest BCUT2D eigenvalue weighted by molar-refractivity contribution is 7.88. The highest BCUT2D eigenvalue weighted by Crippen LogP contribution is 2.16. The van der Waals surface area contributed by atoms with Gasteiger partial charge in [0.05, 0.1) is 30.7 Å². The smallest absolute Gasteiger partial charge is 0.273 e. The van der Waals surface area contributed by atoms with Gasteiger partial charge in [-0.25, -0.2) is 13.4 Å². The third kappa shape index (κ3) is 3.49. The summed E-state index contributed by atoms with van der Waals surface area (Å²) in [4.78, 5) is 15.9. The zero-order valence-electron chi connectivity index (χ0n) is 13.5. The minimum atomic E-state index is -3.24. The summed E-state index contributed by atoms with van der Waals surface area (Å²) in [5.41, 5.74) is 1.74. The van der Waals surface area contributed by atoms with Gasteiger partial charge in [0.25, 0.3) is 5.91 Å². The van der Waals surface area contributed by atoms with Crippen LogP contribution in [-0.2, 0) is 29.7 Å². The number of aromatic nitrogens is 3. The molecule has 9 nitrogen and oxygen atoms in total. The third-order valence-corrected chi connectivity index (χ3v) is 5.14. The second-order valence-corrected chi connectivity index (χ2v) is 7.72. The minimum absolute atomic E-state index is 0.240. The first-order valence-corrected chi connectivity index (χ1v) is 9.38. The van der Waals surface area contributed by atoms with Gasteiger partial charge in [-0.05, 0) is 19.4 Å². The molecule has 0 saturated heterocycles. The summed E-state index contributed by atoms with van der Waals surface area (Å²) >= 11 is 0. The average molecular weight is 353 g/mol. The number of hydrogen-bond donors (Lipinski definition) is 1. The van der Waals surface area contributed by atoms with Crippen LogP contribution in [0.25, 0.3) is 0 Å². The van der Waals surface area contributed by atoms with E-state index in [1.54, 1.807) is 11.6 Å². The number of rotatable bonds is 4. The lowest BCUT2D eigenvalue weighted by Gasteiger charge is -2.16. The van der Waals surface area contributed by atoms with Crippen molar-refractivity contribution in [2.45, 2.75) is 33.0 Å². The second-order valence-electron chi connectivity index (χ2n) is 5.74. The van der Waals surface area contributed by atoms with E-state index in [0.717, 1.165) is 5.69 Å². The van der Waals surface area contributed by atoms with Gasteiger partial charge in [0, 0.05) is 13.1 Å². The Morgan fingerprint density at radius 3 is 2.88 bits per heavy atom. The maximum atomic E-state index is 12.0. The quantitative estimate of drug-likeness (QED) is 0.845. The van der Waals surface area contributed by atoms with Crippen LogP contribution < -0.4 is 5.32 Å². The Kier molecular flexibility index (Phi) is 4.41. The number of carbonyl (C=O) groups is 1. The lowest BCUT2D eigenvalue weighted by molar-refractivity contribution is 0.0944. The molecular weight excluding hydrogens is 334 g/mol. The number of aryl methyl sites for hydroxylation is 2. The zero-order valence-corrected chi connectivity index (χ0v) is 14.3. The summed E-state index contributed by atoms with van der Waals surface area (Å²) in [6.07, 6.45) is 3.13. The van der Waals surface area contributed by atoms with Crippen molar-refractivity contribution in [1.29, 1.82) is 0 Å². The molecule has 0 aromatic carbocycles. The van der Waals surface area contributed by atoms with Crippen LogP contribution in [0.15, 0.2) is 16.9 Å². The standard InChI is InChI=1S/C14H19N5O4S/c1-10-13(16-9-23-10)14(20)15-7-11-6-12-8-18(24(2,21)22)4-3-5-19(12)17-11/h6,9H,3-5,7-8H2,1-2H3,(H,15,20). The molecule has 1 N–H and O–H groups in total. The van der Waals surface area contributed by atoms with Crippen LogP contribution in [0.2, 0.25) is 0 Å². The topological polar surface area (TPSA) is 110 Å². The molecule has 1 amide bonds. The van der Waals surface area contributed by atoms with Gasteiger partial charge >= 0.3 is 0 Å². The molecule has 0 spiro atoms. The van der Waals surface area contributed by atoms with Crippen LogP contribution in [0.3, 0.4) is 0 Å². The molecule has 0 radical (unpaired) electrons. The van der Waals surface area contributed by atoms with Crippen molar-refractivity contribution in [3.05, 3.63) is 35.3 Å². The minimum Gasteiger partial charge on any atom is -0.448 e. The number of amides is 1. The van der Waals surface area contributed by atoms with Crippen molar-refractivity contribution in [2.24, 2.45) is 0 Å². The summed E-state index contributed by atoms with van der Waals surface area (Å²) in [6, 6.07) is 1.82. The normalized spacial score (nSPS) is 15.8. The fraction of sp³-hybridized carbons (Fsp3) is 0.500. The van der Waals surface area contributed by atoms with E-state index >= 15 is 0 Å². The highest BCUT2D eigenvalue weighted by atomic mass is 32.2. The Hall–Kier alpha value is -2.20. The second kappa shape index (κ2) is 6.36. The first-order valence-electron chi connectivity index (χ1n) is 7.53. The molecule has 2 aromatic rings. The summed E-state index contributed by atoms with van der Waals surface area (Å²) in [7, 11) is -3.24. The van der Waals surface area contributed by atoms with Gasteiger partial charge in [-0.15, -0.1) is 0 Å². The molecule has 0 fully saturated rings. The molecule has 10 heteroatoms. The lowest BCUT2D eigenvalue weighted by Crippen LogP contribution is -2.29. The Morgan fingerprint density at radius 1 is 1.42 bits per heavy atom. The summed E-state index contributed by atoms with van der Waals surface area (Å²) in [5, 5.41) is 7.18. The monoisotopic (exact) mass is 353 g/mol. The number of nitrogens with one attached hydrogen (secondary N) is 1. The molecule has 2 aromatic heterocycles. The lowest BCUT2D eigenvalue weighted by atomic mass is 10.3. The van der Waals surface area contributed by atoms with E-state index in [-0.39, 0.29) is 18.1 Å². The van der Waals surface area contributed by atoms with E-state index in [9.17, 15) is 13.2 Å². The first kappa shape index (κ1) is 16.7. The van der Waals surface area contributed by atoms with Gasteiger partial charge in [-0.3, -0.25) is 9.48 Å². The van der Waals surface area contributed by atoms with Crippen LogP contribution in [0.4, 0.5) is 0 Å². The fourth-order valence-corrected chi connectivity index (χ4v) is 3.47. The number of sulfonamides is 1. The van der Waals surface area contributed by atoms with Gasteiger partial charge in [-0.2, -0.15) is 9.40 Å². The number of nitrogens with zero attached hydrogens (tertiary/aromatic N) is 4. The van der Waals surface area contributed by atoms with Gasteiger partial charge in [0.15, 0.2) is 12.1 Å². The van der Waals surface area contributed by atoms with Gasteiger partial charge in [0.1, 0.15) is 5.76 Å². The van der Waals surface area contributed by atoms with Crippen molar-refractivity contribution in [1.82, 2.24) is 24.4 Å². The Bertz CT molecular complexity index is 854. The Labute approximate surface area is 139 Å². The van der Waals surface area contributed by atoms with Gasteiger partial charge in [-0.1, -0.05) is 0 Å². The van der Waals surface area contributed by atoms with Crippen molar-refractivity contribution in [2.75, 3.05) is 12.8 Å². The molecular formula is C14H19N5O4S. The predicted molar refractivity (Wildman–Crippen MR) is 84.5 cm³/mol. The summed E-state index contributed by atoms with van der Waals surface area (Å²) in [5.74, 6) is 0.124. The Morgan fingerprint density at radius 2 is 2.21 bits per heavy atom. The maximum absolute atomic E-state index is 12.0. The number of oxazole rings is 1. The highest BCUT2D eigenvalue weighted by Gasteiger charge is 2.23. The van der Waals surface area contributed by atoms with E-state index in [2.05, 4.69) is 15.4 Å². The van der Waals surface area contributed by atoms with E-state index in [1.807, 2.05) is 6.07 Å². The van der Waals surface area contributed by atoms with E-state index in [1.165, 1.54) is 17.0 Å². The zero-order chi connectivity index (χ0) is 17.3. The van der Waals surface area contributed by atoms with Crippen LogP contribution in [-0.4, -0.2) is 46.2 Å². The molecule has 130 valence electrons. The SMILES string of the molecule is Cc1ocnc1C(=O)NCc1cc2n(n1)CCCN(S(C)(=O)=O)C2. The number of hydrogen-bond acceptors (Lipinski definition) is 6. The van der Waals surface area contributed by atoms with Gasteiger partial charge in [0.2, 0.25) is 10.0 Å². The molecule has 0 atom stereocenters. The molecule has 0 bridgehead atoms. The van der Waals surface area contributed by atoms with Crippen LogP contribution >= 0.6 is 0 Å². The largest absolute Gasteiger partial charge is 0.448 e. The molecule has 24 heavy (non-hydrogen) atoms. The van der Waals surface area contributed by atoms with Crippen LogP contribution in [0, 0.1) is 6.92 Å². The fourth-order valence-electron chi connectivity index (χ4n) is 2.64. The van der Waals surface area contributed by atoms with Crippen LogP contribution in [0.1, 0.15) is 34.1 Å². The van der Waals surface area contributed by atoms with E-state index < -0.39 is 10.0 Å². The third-order valence-electron chi connectivity index (χ3n) is 3.89. The van der Waals surface area contributed by atoms with Crippen molar-refractivity contribution < 1.29 is 17.6 Å². The molecule has 3 heterocycles. The number of fused-ring (bicyclic) bond motifs is 1. The van der Waals surface area contributed by atoms with Crippen molar-refractivity contribution >= 4 is 15.9 Å². The Balaban J connectivity index is 1.69. The molecule has 1 aliphatic rings. The van der Waals surface area contributed by atoms with Crippen molar-refractivity contribution in [3.63, 3.8) is 0 Å². The first-order chi connectivity index (χ1) is 11.3.